The van der Waals surface area contributed by atoms with E-state index < -0.39 is 0 Å². The van der Waals surface area contributed by atoms with Gasteiger partial charge in [0.2, 0.25) is 0 Å². The van der Waals surface area contributed by atoms with Gasteiger partial charge in [0, 0.05) is 26.2 Å². The monoisotopic (exact) mass is 474 g/mol. The Hall–Kier alpha value is -0.937. The van der Waals surface area contributed by atoms with Crippen LogP contribution in [0.4, 0.5) is 0 Å². The summed E-state index contributed by atoms with van der Waals surface area (Å²) in [4.78, 5) is 0. The van der Waals surface area contributed by atoms with Crippen LogP contribution < -0.4 is 0 Å². The summed E-state index contributed by atoms with van der Waals surface area (Å²) in [6.45, 7) is 2.26. The molecule has 0 radical (unpaired) electrons. The number of allylic oxidation sites excluding steroid dienone is 1. The fourth-order valence-corrected chi connectivity index (χ4v) is 6.19. The number of hydrogen-bond acceptors (Lipinski definition) is 0. The SMILES string of the molecule is Cc1cc2c(c(-c3ccc(C4CCCCC4)cc3)c1)C=C(CC1CCCCC1)C2.[Zr]. The third-order valence-electron chi connectivity index (χ3n) is 7.75. The number of aryl methyl sites for hydroxylation is 1. The number of rotatable bonds is 4. The zero-order valence-electron chi connectivity index (χ0n) is 18.7. The minimum Gasteiger partial charge on any atom is -0.0649 e. The van der Waals surface area contributed by atoms with E-state index in [-0.39, 0.29) is 26.2 Å². The van der Waals surface area contributed by atoms with E-state index in [0.717, 1.165) is 11.8 Å². The van der Waals surface area contributed by atoms with E-state index in [0.29, 0.717) is 0 Å². The molecule has 0 nitrogen and oxygen atoms in total. The summed E-state index contributed by atoms with van der Waals surface area (Å²) in [5, 5.41) is 0. The van der Waals surface area contributed by atoms with Crippen molar-refractivity contribution in [1.29, 1.82) is 0 Å². The van der Waals surface area contributed by atoms with Gasteiger partial charge >= 0.3 is 0 Å². The molecule has 0 saturated heterocycles. The van der Waals surface area contributed by atoms with Gasteiger partial charge < -0.3 is 0 Å². The van der Waals surface area contributed by atoms with Gasteiger partial charge in [-0.2, -0.15) is 0 Å². The van der Waals surface area contributed by atoms with Gasteiger partial charge in [0.15, 0.2) is 0 Å². The van der Waals surface area contributed by atoms with E-state index in [2.05, 4.69) is 49.4 Å². The quantitative estimate of drug-likeness (QED) is 0.415. The zero-order valence-corrected chi connectivity index (χ0v) is 21.1. The molecule has 0 atom stereocenters. The van der Waals surface area contributed by atoms with Crippen LogP contribution in [-0.2, 0) is 32.6 Å². The molecule has 0 N–H and O–H groups in total. The smallest absolute Gasteiger partial charge is 0 e. The first kappa shape index (κ1) is 22.3. The number of fused-ring (bicyclic) bond motifs is 1. The molecular weight excluding hydrogens is 440 g/mol. The summed E-state index contributed by atoms with van der Waals surface area (Å²) >= 11 is 0. The van der Waals surface area contributed by atoms with Crippen LogP contribution in [0.5, 0.6) is 0 Å². The van der Waals surface area contributed by atoms with Crippen molar-refractivity contribution < 1.29 is 26.2 Å². The van der Waals surface area contributed by atoms with Gasteiger partial charge in [-0.05, 0) is 72.3 Å². The fraction of sp³-hybridized carbons (Fsp3) is 0.517. The van der Waals surface area contributed by atoms with Crippen LogP contribution in [0.25, 0.3) is 17.2 Å². The molecule has 5 rings (SSSR count). The van der Waals surface area contributed by atoms with Crippen LogP contribution in [0.1, 0.15) is 98.8 Å². The average molecular weight is 476 g/mol. The minimum atomic E-state index is 0. The Labute approximate surface area is 202 Å². The summed E-state index contributed by atoms with van der Waals surface area (Å²) in [7, 11) is 0. The summed E-state index contributed by atoms with van der Waals surface area (Å²) in [6.07, 6.45) is 19.3. The van der Waals surface area contributed by atoms with Crippen molar-refractivity contribution in [1.82, 2.24) is 0 Å². The molecule has 1 heteroatoms. The third kappa shape index (κ3) is 4.93. The molecule has 0 aromatic heterocycles. The van der Waals surface area contributed by atoms with Gasteiger partial charge in [0.1, 0.15) is 0 Å². The molecule has 0 amide bonds. The van der Waals surface area contributed by atoms with E-state index in [9.17, 15) is 0 Å². The van der Waals surface area contributed by atoms with Crippen molar-refractivity contribution >= 4 is 6.08 Å². The second kappa shape index (κ2) is 10.1. The number of benzene rings is 2. The molecule has 2 aromatic carbocycles. The van der Waals surface area contributed by atoms with Gasteiger partial charge in [-0.25, -0.2) is 0 Å². The molecule has 0 unspecified atom stereocenters. The largest absolute Gasteiger partial charge is 0.0649 e. The van der Waals surface area contributed by atoms with E-state index >= 15 is 0 Å². The molecule has 3 aliphatic carbocycles. The Bertz CT molecular complexity index is 877. The second-order valence-corrected chi connectivity index (χ2v) is 10.0. The van der Waals surface area contributed by atoms with Gasteiger partial charge in [-0.1, -0.05) is 105 Å². The Morgan fingerprint density at radius 3 is 2.17 bits per heavy atom. The van der Waals surface area contributed by atoms with Gasteiger partial charge in [-0.15, -0.1) is 0 Å². The van der Waals surface area contributed by atoms with E-state index in [1.165, 1.54) is 99.3 Å². The molecule has 3 aliphatic rings. The summed E-state index contributed by atoms with van der Waals surface area (Å²) in [5.41, 5.74) is 10.6. The van der Waals surface area contributed by atoms with Crippen molar-refractivity contribution in [3.63, 3.8) is 0 Å². The molecule has 0 bridgehead atoms. The predicted molar refractivity (Wildman–Crippen MR) is 125 cm³/mol. The predicted octanol–water partition coefficient (Wildman–Crippen LogP) is 8.62. The minimum absolute atomic E-state index is 0. The van der Waals surface area contributed by atoms with Crippen molar-refractivity contribution in [3.05, 3.63) is 64.2 Å². The average Bonchev–Trinajstić information content (AvgIpc) is 3.16. The fourth-order valence-electron chi connectivity index (χ4n) is 6.19. The van der Waals surface area contributed by atoms with Gasteiger partial charge in [0.05, 0.1) is 0 Å². The summed E-state index contributed by atoms with van der Waals surface area (Å²) in [6, 6.07) is 14.5. The summed E-state index contributed by atoms with van der Waals surface area (Å²) < 4.78 is 0. The third-order valence-corrected chi connectivity index (χ3v) is 7.75. The van der Waals surface area contributed by atoms with Crippen LogP contribution in [0.15, 0.2) is 42.0 Å². The maximum atomic E-state index is 2.55. The molecular formula is C29H36Zr. The Morgan fingerprint density at radius 2 is 1.47 bits per heavy atom. The molecule has 2 saturated carbocycles. The molecule has 0 spiro atoms. The first-order valence-electron chi connectivity index (χ1n) is 12.2. The van der Waals surface area contributed by atoms with E-state index in [1.807, 2.05) is 0 Å². The van der Waals surface area contributed by atoms with Crippen LogP contribution in [-0.4, -0.2) is 0 Å². The molecule has 0 heterocycles. The van der Waals surface area contributed by atoms with Crippen molar-refractivity contribution in [2.45, 2.75) is 89.9 Å². The summed E-state index contributed by atoms with van der Waals surface area (Å²) in [5.74, 6) is 1.73. The van der Waals surface area contributed by atoms with Crippen LogP contribution >= 0.6 is 0 Å². The molecule has 2 fully saturated rings. The molecule has 30 heavy (non-hydrogen) atoms. The Morgan fingerprint density at radius 1 is 0.800 bits per heavy atom. The van der Waals surface area contributed by atoms with Crippen LogP contribution in [0.3, 0.4) is 0 Å². The van der Waals surface area contributed by atoms with Crippen LogP contribution in [0.2, 0.25) is 0 Å². The normalized spacial score (nSPS) is 19.8. The Kier molecular flexibility index (Phi) is 7.51. The zero-order chi connectivity index (χ0) is 19.6. The first-order chi connectivity index (χ1) is 14.3. The second-order valence-electron chi connectivity index (χ2n) is 10.0. The Balaban J connectivity index is 0.00000218. The first-order valence-corrected chi connectivity index (χ1v) is 12.2. The van der Waals surface area contributed by atoms with E-state index in [1.54, 1.807) is 16.7 Å². The topological polar surface area (TPSA) is 0 Å². The molecule has 156 valence electrons. The van der Waals surface area contributed by atoms with Crippen molar-refractivity contribution in [2.75, 3.05) is 0 Å². The van der Waals surface area contributed by atoms with Crippen molar-refractivity contribution in [3.8, 4) is 11.1 Å². The standard InChI is InChI=1S/C29H36.Zr/c1-21-16-27-19-23(18-22-8-4-2-5-9-22)20-29(27)28(17-21)26-14-12-25(13-15-26)24-10-6-3-7-11-24;/h12-17,20,22,24H,2-11,18-19H2,1H3;. The van der Waals surface area contributed by atoms with Gasteiger partial charge in [0.25, 0.3) is 0 Å². The van der Waals surface area contributed by atoms with Crippen molar-refractivity contribution in [2.24, 2.45) is 5.92 Å². The molecule has 2 aromatic rings. The maximum Gasteiger partial charge on any atom is 0 e. The van der Waals surface area contributed by atoms with Gasteiger partial charge in [-0.3, -0.25) is 0 Å². The molecule has 0 aliphatic heterocycles. The number of hydrogen-bond donors (Lipinski definition) is 0. The van der Waals surface area contributed by atoms with E-state index in [4.69, 9.17) is 0 Å². The maximum absolute atomic E-state index is 2.55. The van der Waals surface area contributed by atoms with Crippen LogP contribution in [0, 0.1) is 12.8 Å².